The van der Waals surface area contributed by atoms with Gasteiger partial charge in [-0.3, -0.25) is 28.7 Å². The second-order valence-electron chi connectivity index (χ2n) is 15.8. The topological polar surface area (TPSA) is 190 Å². The molecule has 354 valence electrons. The highest BCUT2D eigenvalue weighted by Crippen LogP contribution is 2.36. The highest BCUT2D eigenvalue weighted by molar-refractivity contribution is 6.31. The molecule has 0 saturated heterocycles. The number of carbonyl (C=O) groups excluding carboxylic acids is 2. The minimum atomic E-state index is -0.614. The SMILES string of the molecule is CCNC(=O)C[C@@H]1N=C(c2ccc(Cl)cc2)c2cc(OCCOCCOCCOCCNC(=O)C[C@@H]3N=C(c4ccc(Cl)cc4)c4cc(OC)ccc4-n4c(C)nnc43)ccc2-n2c(C)nnc21. The summed E-state index contributed by atoms with van der Waals surface area (Å²) < 4.78 is 32.8. The number of halogens is 2. The second-order valence-corrected chi connectivity index (χ2v) is 16.7. The van der Waals surface area contributed by atoms with E-state index in [4.69, 9.17) is 56.9 Å². The average Bonchev–Trinajstić information content (AvgIpc) is 3.84. The van der Waals surface area contributed by atoms with Crippen molar-refractivity contribution in [2.45, 2.75) is 45.7 Å². The fourth-order valence-corrected chi connectivity index (χ4v) is 8.28. The first-order valence-electron chi connectivity index (χ1n) is 22.4. The van der Waals surface area contributed by atoms with Gasteiger partial charge in [0.05, 0.1) is 82.4 Å². The van der Waals surface area contributed by atoms with Crippen LogP contribution in [0.4, 0.5) is 0 Å². The van der Waals surface area contributed by atoms with E-state index in [2.05, 4.69) is 31.0 Å². The number of hydrogen-bond acceptors (Lipinski definition) is 13. The molecular weight excluding hydrogens is 912 g/mol. The molecule has 2 aliphatic rings. The smallest absolute Gasteiger partial charge is 0.222 e. The largest absolute Gasteiger partial charge is 0.497 e. The maximum absolute atomic E-state index is 13.3. The monoisotopic (exact) mass is 962 g/mol. The number of nitrogens with zero attached hydrogens (tertiary/aromatic N) is 8. The molecule has 19 heteroatoms. The molecule has 2 aromatic heterocycles. The Morgan fingerprint density at radius 1 is 0.588 bits per heavy atom. The number of aryl methyl sites for hydroxylation is 2. The quantitative estimate of drug-likeness (QED) is 0.0728. The summed E-state index contributed by atoms with van der Waals surface area (Å²) >= 11 is 12.5. The van der Waals surface area contributed by atoms with Gasteiger partial charge < -0.3 is 34.3 Å². The van der Waals surface area contributed by atoms with Gasteiger partial charge in [0.2, 0.25) is 11.8 Å². The molecular formula is C49H52Cl2N10O7. The van der Waals surface area contributed by atoms with E-state index in [9.17, 15) is 9.59 Å². The number of fused-ring (bicyclic) bond motifs is 6. The summed E-state index contributed by atoms with van der Waals surface area (Å²) in [6.07, 6.45) is 0.162. The molecule has 2 aliphatic heterocycles. The summed E-state index contributed by atoms with van der Waals surface area (Å²) in [5.74, 6) is 3.47. The molecule has 2 amide bonds. The minimum Gasteiger partial charge on any atom is -0.497 e. The molecule has 17 nitrogen and oxygen atoms in total. The van der Waals surface area contributed by atoms with Crippen molar-refractivity contribution >= 4 is 46.4 Å². The standard InChI is InChI=1S/C49H52Cl2N10O7/c1-5-52-44(62)28-40-48-58-57-31(3)61(48)43-17-15-37(27-39(43)47(54-40)33-8-12-35(51)13-9-33)68-25-24-67-23-22-66-21-20-65-19-18-53-45(63)29-41-49-59-56-30(2)60(49)42-16-14-36(64-4)26-38(42)46(55-41)32-6-10-34(50)11-7-32/h6-17,26-27,40-41H,5,18-25,28-29H2,1-4H3,(H,52,62)(H,53,63)/t40-,41-/m0/s1. The van der Waals surface area contributed by atoms with E-state index in [1.165, 1.54) is 0 Å². The molecule has 0 saturated carbocycles. The number of carbonyl (C=O) groups is 2. The van der Waals surface area contributed by atoms with Crippen LogP contribution in [-0.2, 0) is 23.8 Å². The van der Waals surface area contributed by atoms with E-state index < -0.39 is 12.1 Å². The summed E-state index contributed by atoms with van der Waals surface area (Å²) in [4.78, 5) is 36.3. The molecule has 0 radical (unpaired) electrons. The van der Waals surface area contributed by atoms with Crippen LogP contribution in [0.3, 0.4) is 0 Å². The van der Waals surface area contributed by atoms with Crippen molar-refractivity contribution in [3.63, 3.8) is 0 Å². The number of aromatic nitrogens is 6. The highest BCUT2D eigenvalue weighted by Gasteiger charge is 2.32. The zero-order chi connectivity index (χ0) is 47.6. The molecule has 4 heterocycles. The number of rotatable bonds is 21. The Balaban J connectivity index is 0.773. The number of benzene rings is 4. The lowest BCUT2D eigenvalue weighted by atomic mass is 10.00. The molecule has 0 unspecified atom stereocenters. The maximum Gasteiger partial charge on any atom is 0.222 e. The van der Waals surface area contributed by atoms with Gasteiger partial charge in [0.15, 0.2) is 11.6 Å². The van der Waals surface area contributed by atoms with Gasteiger partial charge >= 0.3 is 0 Å². The molecule has 4 aromatic carbocycles. The van der Waals surface area contributed by atoms with Crippen molar-refractivity contribution in [2.75, 3.05) is 66.4 Å². The summed E-state index contributed by atoms with van der Waals surface area (Å²) in [6.45, 7) is 8.86. The van der Waals surface area contributed by atoms with E-state index in [1.54, 1.807) is 7.11 Å². The summed E-state index contributed by atoms with van der Waals surface area (Å²) in [6, 6.07) is 25.2. The van der Waals surface area contributed by atoms with Gasteiger partial charge in [-0.2, -0.15) is 0 Å². The molecule has 0 fully saturated rings. The van der Waals surface area contributed by atoms with Crippen LogP contribution in [0.1, 0.15) is 77.4 Å². The van der Waals surface area contributed by atoms with Crippen LogP contribution in [-0.4, -0.2) is 119 Å². The summed E-state index contributed by atoms with van der Waals surface area (Å²) in [7, 11) is 1.62. The van der Waals surface area contributed by atoms with Crippen molar-refractivity contribution in [2.24, 2.45) is 9.98 Å². The van der Waals surface area contributed by atoms with Gasteiger partial charge in [-0.15, -0.1) is 20.4 Å². The van der Waals surface area contributed by atoms with Gasteiger partial charge in [0, 0.05) is 45.4 Å². The molecule has 6 aromatic rings. The van der Waals surface area contributed by atoms with Gasteiger partial charge in [-0.05, 0) is 81.4 Å². The number of nitrogens with one attached hydrogen (secondary N) is 2. The van der Waals surface area contributed by atoms with Crippen molar-refractivity contribution in [1.29, 1.82) is 0 Å². The molecule has 68 heavy (non-hydrogen) atoms. The van der Waals surface area contributed by atoms with E-state index in [1.807, 2.05) is 115 Å². The molecule has 2 atom stereocenters. The van der Waals surface area contributed by atoms with Crippen LogP contribution in [0.25, 0.3) is 11.4 Å². The van der Waals surface area contributed by atoms with Gasteiger partial charge in [-0.1, -0.05) is 47.5 Å². The van der Waals surface area contributed by atoms with Crippen LogP contribution in [0.2, 0.25) is 10.0 Å². The van der Waals surface area contributed by atoms with Crippen molar-refractivity contribution in [3.8, 4) is 22.9 Å². The van der Waals surface area contributed by atoms with E-state index in [-0.39, 0.29) is 24.7 Å². The van der Waals surface area contributed by atoms with Crippen LogP contribution in [0.15, 0.2) is 94.9 Å². The number of amides is 2. The minimum absolute atomic E-state index is 0.0501. The first-order chi connectivity index (χ1) is 33.1. The molecule has 0 bridgehead atoms. The van der Waals surface area contributed by atoms with Crippen LogP contribution < -0.4 is 20.1 Å². The predicted octanol–water partition coefficient (Wildman–Crippen LogP) is 6.73. The lowest BCUT2D eigenvalue weighted by Crippen LogP contribution is -2.29. The van der Waals surface area contributed by atoms with Gasteiger partial charge in [0.1, 0.15) is 41.8 Å². The van der Waals surface area contributed by atoms with Crippen molar-refractivity contribution in [3.05, 3.63) is 141 Å². The fraction of sp³-hybridized carbons (Fsp3) is 0.347. The first kappa shape index (κ1) is 48.0. The van der Waals surface area contributed by atoms with Crippen LogP contribution in [0.5, 0.6) is 11.5 Å². The Morgan fingerprint density at radius 2 is 1.04 bits per heavy atom. The maximum atomic E-state index is 13.3. The Bertz CT molecular complexity index is 2790. The third kappa shape index (κ3) is 11.3. The first-order valence-corrected chi connectivity index (χ1v) is 23.1. The van der Waals surface area contributed by atoms with Crippen LogP contribution in [0, 0.1) is 13.8 Å². The molecule has 0 spiro atoms. The number of methoxy groups -OCH3 is 1. The van der Waals surface area contributed by atoms with E-state index in [0.29, 0.717) is 116 Å². The highest BCUT2D eigenvalue weighted by atomic mass is 35.5. The van der Waals surface area contributed by atoms with E-state index >= 15 is 0 Å². The molecule has 8 rings (SSSR count). The zero-order valence-electron chi connectivity index (χ0n) is 38.2. The number of hydrogen-bond donors (Lipinski definition) is 2. The third-order valence-corrected chi connectivity index (χ3v) is 11.7. The van der Waals surface area contributed by atoms with Gasteiger partial charge in [-0.25, -0.2) is 0 Å². The number of aliphatic imine (C=N–C) groups is 2. The Morgan fingerprint density at radius 3 is 1.54 bits per heavy atom. The van der Waals surface area contributed by atoms with Crippen LogP contribution >= 0.6 is 23.2 Å². The lowest BCUT2D eigenvalue weighted by Gasteiger charge is -2.15. The molecule has 2 N–H and O–H groups in total. The van der Waals surface area contributed by atoms with Crippen molar-refractivity contribution < 1.29 is 33.3 Å². The average molecular weight is 964 g/mol. The zero-order valence-corrected chi connectivity index (χ0v) is 39.7. The van der Waals surface area contributed by atoms with E-state index in [0.717, 1.165) is 33.6 Å². The Kier molecular flexibility index (Phi) is 15.9. The fourth-order valence-electron chi connectivity index (χ4n) is 8.03. The molecule has 0 aliphatic carbocycles. The van der Waals surface area contributed by atoms with Crippen molar-refractivity contribution in [1.82, 2.24) is 40.2 Å². The Hall–Kier alpha value is -6.50. The number of ether oxygens (including phenoxy) is 5. The normalized spacial score (nSPS) is 14.9. The lowest BCUT2D eigenvalue weighted by molar-refractivity contribution is -0.122. The predicted molar refractivity (Wildman–Crippen MR) is 257 cm³/mol. The second kappa shape index (κ2) is 22.5. The van der Waals surface area contributed by atoms with Gasteiger partial charge in [0.25, 0.3) is 0 Å². The summed E-state index contributed by atoms with van der Waals surface area (Å²) in [5, 5.41) is 24.6. The Labute approximate surface area is 403 Å². The third-order valence-electron chi connectivity index (χ3n) is 11.2. The summed E-state index contributed by atoms with van der Waals surface area (Å²) in [5.41, 5.74) is 6.34.